The second-order valence-corrected chi connectivity index (χ2v) is 5.98. The first-order valence-corrected chi connectivity index (χ1v) is 7.48. The lowest BCUT2D eigenvalue weighted by Crippen LogP contribution is -2.36. The van der Waals surface area contributed by atoms with Gasteiger partial charge in [-0.15, -0.1) is 0 Å². The van der Waals surface area contributed by atoms with Crippen LogP contribution in [-0.4, -0.2) is 15.8 Å². The Kier molecular flexibility index (Phi) is 3.47. The highest BCUT2D eigenvalue weighted by Crippen LogP contribution is 2.33. The molecule has 2 heterocycles. The fourth-order valence-corrected chi connectivity index (χ4v) is 3.26. The summed E-state index contributed by atoms with van der Waals surface area (Å²) in [5.74, 6) is 0. The van der Waals surface area contributed by atoms with Gasteiger partial charge in [-0.3, -0.25) is 4.68 Å². The maximum Gasteiger partial charge on any atom is 0.131 e. The maximum atomic E-state index is 6.38. The van der Waals surface area contributed by atoms with E-state index in [4.69, 9.17) is 11.6 Å². The molecule has 2 aromatic rings. The van der Waals surface area contributed by atoms with Crippen molar-refractivity contribution in [3.05, 3.63) is 46.2 Å². The maximum absolute atomic E-state index is 6.38. The van der Waals surface area contributed by atoms with Crippen LogP contribution in [0.25, 0.3) is 0 Å². The molecule has 0 radical (unpaired) electrons. The summed E-state index contributed by atoms with van der Waals surface area (Å²) in [5.41, 5.74) is 4.93. The molecular formula is C16H20ClN3. The minimum absolute atomic E-state index is 0.528. The van der Waals surface area contributed by atoms with Crippen LogP contribution in [0.1, 0.15) is 30.2 Å². The molecule has 3 rings (SSSR count). The highest BCUT2D eigenvalue weighted by Gasteiger charge is 2.25. The molecule has 0 N–H and O–H groups in total. The zero-order valence-corrected chi connectivity index (χ0v) is 13.0. The van der Waals surface area contributed by atoms with Gasteiger partial charge >= 0.3 is 0 Å². The second-order valence-electron chi connectivity index (χ2n) is 5.62. The van der Waals surface area contributed by atoms with E-state index in [1.807, 2.05) is 14.0 Å². The van der Waals surface area contributed by atoms with Gasteiger partial charge in [-0.1, -0.05) is 29.8 Å². The number of benzene rings is 1. The molecular weight excluding hydrogens is 270 g/mol. The van der Waals surface area contributed by atoms with Crippen LogP contribution in [0.5, 0.6) is 0 Å². The summed E-state index contributed by atoms with van der Waals surface area (Å²) in [5, 5.41) is 5.16. The van der Waals surface area contributed by atoms with Crippen molar-refractivity contribution in [2.45, 2.75) is 39.3 Å². The van der Waals surface area contributed by atoms with Crippen LogP contribution < -0.4 is 4.90 Å². The van der Waals surface area contributed by atoms with Crippen molar-refractivity contribution in [1.82, 2.24) is 9.78 Å². The summed E-state index contributed by atoms with van der Waals surface area (Å²) in [4.78, 5) is 2.45. The summed E-state index contributed by atoms with van der Waals surface area (Å²) in [6, 6.07) is 9.20. The number of hydrogen-bond acceptors (Lipinski definition) is 2. The molecule has 3 nitrogen and oxygen atoms in total. The lowest BCUT2D eigenvalue weighted by atomic mass is 9.96. The molecule has 1 atom stereocenters. The Balaban J connectivity index is 1.98. The van der Waals surface area contributed by atoms with Gasteiger partial charge in [0.25, 0.3) is 0 Å². The van der Waals surface area contributed by atoms with Crippen LogP contribution in [0.15, 0.2) is 24.3 Å². The molecule has 0 bridgehead atoms. The van der Waals surface area contributed by atoms with Gasteiger partial charge in [-0.2, -0.15) is 5.10 Å². The highest BCUT2D eigenvalue weighted by molar-refractivity contribution is 6.30. The first kappa shape index (κ1) is 13.5. The second kappa shape index (κ2) is 5.13. The lowest BCUT2D eigenvalue weighted by Gasteiger charge is -2.37. The van der Waals surface area contributed by atoms with Gasteiger partial charge in [-0.25, -0.2) is 0 Å². The van der Waals surface area contributed by atoms with Crippen molar-refractivity contribution in [3.63, 3.8) is 0 Å². The van der Waals surface area contributed by atoms with Crippen LogP contribution in [-0.2, 0) is 20.0 Å². The number of para-hydroxylation sites is 1. The molecule has 0 aliphatic carbocycles. The van der Waals surface area contributed by atoms with Crippen molar-refractivity contribution >= 4 is 17.3 Å². The first-order valence-electron chi connectivity index (χ1n) is 7.10. The van der Waals surface area contributed by atoms with Crippen LogP contribution in [0.3, 0.4) is 0 Å². The van der Waals surface area contributed by atoms with Gasteiger partial charge in [0.1, 0.15) is 5.15 Å². The van der Waals surface area contributed by atoms with E-state index in [0.717, 1.165) is 29.4 Å². The first-order chi connectivity index (χ1) is 9.58. The van der Waals surface area contributed by atoms with Crippen molar-refractivity contribution in [2.24, 2.45) is 7.05 Å². The summed E-state index contributed by atoms with van der Waals surface area (Å²) in [6.07, 6.45) is 2.35. The zero-order chi connectivity index (χ0) is 14.3. The van der Waals surface area contributed by atoms with E-state index in [2.05, 4.69) is 41.2 Å². The summed E-state index contributed by atoms with van der Waals surface area (Å²) < 4.78 is 1.76. The average molecular weight is 290 g/mol. The van der Waals surface area contributed by atoms with Gasteiger partial charge in [0, 0.05) is 30.9 Å². The number of fused-ring (bicyclic) bond motifs is 1. The number of anilines is 1. The van der Waals surface area contributed by atoms with Gasteiger partial charge in [0.2, 0.25) is 0 Å². The number of nitrogens with zero attached hydrogens (tertiary/aromatic N) is 3. The van der Waals surface area contributed by atoms with Gasteiger partial charge in [-0.05, 0) is 38.3 Å². The molecule has 0 spiro atoms. The Bertz CT molecular complexity index is 633. The third-order valence-electron chi connectivity index (χ3n) is 4.26. The van der Waals surface area contributed by atoms with Crippen LogP contribution in [0.2, 0.25) is 5.15 Å². The smallest absolute Gasteiger partial charge is 0.131 e. The van der Waals surface area contributed by atoms with Crippen LogP contribution in [0.4, 0.5) is 5.69 Å². The Morgan fingerprint density at radius 3 is 2.80 bits per heavy atom. The molecule has 1 aromatic carbocycles. The average Bonchev–Trinajstić information content (AvgIpc) is 2.68. The predicted octanol–water partition coefficient (Wildman–Crippen LogP) is 3.72. The Morgan fingerprint density at radius 1 is 1.35 bits per heavy atom. The molecule has 0 fully saturated rings. The minimum atomic E-state index is 0.528. The standard InChI is InChI=1S/C16H20ClN3/c1-11-8-9-13-6-4-5-7-15(13)20(11)10-14-12(2)18-19(3)16(14)17/h4-7,11H,8-10H2,1-3H3. The third-order valence-corrected chi connectivity index (χ3v) is 4.74. The molecule has 1 unspecified atom stereocenters. The van der Waals surface area contributed by atoms with E-state index < -0.39 is 0 Å². The quantitative estimate of drug-likeness (QED) is 0.840. The number of halogens is 1. The normalized spacial score (nSPS) is 18.2. The number of aromatic nitrogens is 2. The molecule has 1 aromatic heterocycles. The fraction of sp³-hybridized carbons (Fsp3) is 0.438. The zero-order valence-electron chi connectivity index (χ0n) is 12.2. The molecule has 20 heavy (non-hydrogen) atoms. The van der Waals surface area contributed by atoms with Gasteiger partial charge < -0.3 is 4.90 Å². The van der Waals surface area contributed by atoms with E-state index in [0.29, 0.717) is 6.04 Å². The van der Waals surface area contributed by atoms with Crippen molar-refractivity contribution in [2.75, 3.05) is 4.90 Å². The van der Waals surface area contributed by atoms with Gasteiger partial charge in [0.15, 0.2) is 0 Å². The Hall–Kier alpha value is -1.48. The molecule has 0 amide bonds. The van der Waals surface area contributed by atoms with Crippen LogP contribution >= 0.6 is 11.6 Å². The summed E-state index contributed by atoms with van der Waals surface area (Å²) in [6.45, 7) is 5.15. The summed E-state index contributed by atoms with van der Waals surface area (Å²) >= 11 is 6.38. The number of aryl methyl sites for hydroxylation is 3. The molecule has 106 valence electrons. The largest absolute Gasteiger partial charge is 0.364 e. The number of hydrogen-bond donors (Lipinski definition) is 0. The van der Waals surface area contributed by atoms with Crippen LogP contribution in [0, 0.1) is 6.92 Å². The Morgan fingerprint density at radius 2 is 2.10 bits per heavy atom. The monoisotopic (exact) mass is 289 g/mol. The molecule has 1 aliphatic rings. The highest BCUT2D eigenvalue weighted by atomic mass is 35.5. The topological polar surface area (TPSA) is 21.1 Å². The van der Waals surface area contributed by atoms with E-state index in [1.54, 1.807) is 4.68 Å². The number of rotatable bonds is 2. The molecule has 4 heteroatoms. The minimum Gasteiger partial charge on any atom is -0.364 e. The van der Waals surface area contributed by atoms with Crippen molar-refractivity contribution in [1.29, 1.82) is 0 Å². The van der Waals surface area contributed by atoms with E-state index in [1.165, 1.54) is 17.7 Å². The lowest BCUT2D eigenvalue weighted by molar-refractivity contribution is 0.559. The van der Waals surface area contributed by atoms with Gasteiger partial charge in [0.05, 0.1) is 5.69 Å². The van der Waals surface area contributed by atoms with E-state index >= 15 is 0 Å². The van der Waals surface area contributed by atoms with Crippen molar-refractivity contribution in [3.8, 4) is 0 Å². The predicted molar refractivity (Wildman–Crippen MR) is 83.4 cm³/mol. The summed E-state index contributed by atoms with van der Waals surface area (Å²) in [7, 11) is 1.90. The molecule has 0 saturated carbocycles. The molecule has 1 aliphatic heterocycles. The molecule has 0 saturated heterocycles. The van der Waals surface area contributed by atoms with Crippen molar-refractivity contribution < 1.29 is 0 Å². The Labute approximate surface area is 125 Å². The fourth-order valence-electron chi connectivity index (χ4n) is 3.02. The SMILES string of the molecule is Cc1nn(C)c(Cl)c1CN1c2ccccc2CCC1C. The van der Waals surface area contributed by atoms with E-state index in [-0.39, 0.29) is 0 Å². The van der Waals surface area contributed by atoms with E-state index in [9.17, 15) is 0 Å². The third kappa shape index (κ3) is 2.20.